The highest BCUT2D eigenvalue weighted by atomic mass is 35.5. The van der Waals surface area contributed by atoms with Crippen LogP contribution in [0.4, 0.5) is 0 Å². The summed E-state index contributed by atoms with van der Waals surface area (Å²) < 4.78 is 11.7. The quantitative estimate of drug-likeness (QED) is 0.615. The van der Waals surface area contributed by atoms with Crippen molar-refractivity contribution >= 4 is 11.6 Å². The number of β-amino-alcohol motifs (C(OH)–C–C–N with tert-alkyl or cyclic N) is 1. The van der Waals surface area contributed by atoms with Crippen LogP contribution in [0, 0.1) is 6.92 Å². The van der Waals surface area contributed by atoms with E-state index in [-0.39, 0.29) is 6.61 Å². The van der Waals surface area contributed by atoms with Crippen molar-refractivity contribution in [1.29, 1.82) is 0 Å². The number of hydrogen-bond donors (Lipinski definition) is 2. The molecule has 0 bridgehead atoms. The maximum absolute atomic E-state index is 11.1. The Labute approximate surface area is 190 Å². The van der Waals surface area contributed by atoms with E-state index in [1.165, 1.54) is 0 Å². The van der Waals surface area contributed by atoms with E-state index < -0.39 is 11.7 Å². The fourth-order valence-electron chi connectivity index (χ4n) is 3.68. The van der Waals surface area contributed by atoms with Crippen LogP contribution in [0.5, 0.6) is 11.5 Å². The van der Waals surface area contributed by atoms with Crippen LogP contribution in [-0.4, -0.2) is 78.7 Å². The summed E-state index contributed by atoms with van der Waals surface area (Å²) in [7, 11) is 4.03. The predicted octanol–water partition coefficient (Wildman–Crippen LogP) is 2.97. The molecule has 1 aliphatic rings. The van der Waals surface area contributed by atoms with Gasteiger partial charge in [0.25, 0.3) is 0 Å². The Kier molecular flexibility index (Phi) is 8.19. The lowest BCUT2D eigenvalue weighted by Gasteiger charge is -2.42. The third-order valence-electron chi connectivity index (χ3n) is 5.51. The Morgan fingerprint density at radius 1 is 1.19 bits per heavy atom. The zero-order chi connectivity index (χ0) is 22.4. The van der Waals surface area contributed by atoms with Crippen molar-refractivity contribution in [2.45, 2.75) is 31.6 Å². The van der Waals surface area contributed by atoms with Crippen LogP contribution < -0.4 is 9.47 Å². The first kappa shape index (κ1) is 23.8. The van der Waals surface area contributed by atoms with E-state index in [2.05, 4.69) is 9.80 Å². The average Bonchev–Trinajstić information content (AvgIpc) is 2.72. The first-order chi connectivity index (χ1) is 14.7. The van der Waals surface area contributed by atoms with Gasteiger partial charge in [0.15, 0.2) is 0 Å². The van der Waals surface area contributed by atoms with Crippen molar-refractivity contribution in [1.82, 2.24) is 9.80 Å². The number of rotatable bonds is 9. The highest BCUT2D eigenvalue weighted by Gasteiger charge is 2.42. The topological polar surface area (TPSA) is 65.4 Å². The summed E-state index contributed by atoms with van der Waals surface area (Å²) in [6.07, 6.45) is -0.381. The molecule has 0 aromatic heterocycles. The van der Waals surface area contributed by atoms with Crippen molar-refractivity contribution < 1.29 is 19.7 Å². The number of halogens is 1. The largest absolute Gasteiger partial charge is 0.492 e. The van der Waals surface area contributed by atoms with E-state index in [0.717, 1.165) is 23.4 Å². The smallest absolute Gasteiger partial charge is 0.138 e. The minimum absolute atomic E-state index is 0.0263. The molecule has 31 heavy (non-hydrogen) atoms. The van der Waals surface area contributed by atoms with Gasteiger partial charge in [0.2, 0.25) is 0 Å². The number of nitrogens with zero attached hydrogens (tertiary/aromatic N) is 2. The van der Waals surface area contributed by atoms with E-state index in [9.17, 15) is 10.2 Å². The SMILES string of the molecule is Cc1ccc(Cl)c(OC[C@@]2(O)CN(Cc3cccc(OCCN(C)C)c3)CC[C@@H]2O)c1. The molecule has 1 aliphatic heterocycles. The van der Waals surface area contributed by atoms with Crippen molar-refractivity contribution in [2.75, 3.05) is 46.9 Å². The number of benzene rings is 2. The summed E-state index contributed by atoms with van der Waals surface area (Å²) in [4.78, 5) is 4.21. The Balaban J connectivity index is 1.60. The molecule has 7 heteroatoms. The van der Waals surface area contributed by atoms with Gasteiger partial charge in [-0.2, -0.15) is 0 Å². The summed E-state index contributed by atoms with van der Waals surface area (Å²) in [5.74, 6) is 1.35. The first-order valence-electron chi connectivity index (χ1n) is 10.6. The molecule has 3 rings (SSSR count). The fourth-order valence-corrected chi connectivity index (χ4v) is 3.86. The monoisotopic (exact) mass is 448 g/mol. The number of aliphatic hydroxyl groups is 2. The molecular formula is C24H33ClN2O4. The predicted molar refractivity (Wildman–Crippen MR) is 123 cm³/mol. The zero-order valence-corrected chi connectivity index (χ0v) is 19.3. The number of aryl methyl sites for hydroxylation is 1. The van der Waals surface area contributed by atoms with Gasteiger partial charge in [-0.1, -0.05) is 29.8 Å². The van der Waals surface area contributed by atoms with E-state index >= 15 is 0 Å². The highest BCUT2D eigenvalue weighted by Crippen LogP contribution is 2.29. The molecule has 170 valence electrons. The van der Waals surface area contributed by atoms with Crippen LogP contribution >= 0.6 is 11.6 Å². The third-order valence-corrected chi connectivity index (χ3v) is 5.82. The van der Waals surface area contributed by atoms with E-state index in [0.29, 0.717) is 43.4 Å². The molecule has 2 aromatic rings. The van der Waals surface area contributed by atoms with Gasteiger partial charge in [-0.3, -0.25) is 4.90 Å². The number of likely N-dealkylation sites (N-methyl/N-ethyl adjacent to an activating group) is 1. The molecule has 1 saturated heterocycles. The lowest BCUT2D eigenvalue weighted by atomic mass is 9.90. The molecule has 1 heterocycles. The second-order valence-corrected chi connectivity index (χ2v) is 9.05. The molecule has 0 radical (unpaired) electrons. The number of aliphatic hydroxyl groups excluding tert-OH is 1. The molecule has 2 aromatic carbocycles. The second kappa shape index (κ2) is 10.7. The van der Waals surface area contributed by atoms with Crippen LogP contribution in [0.3, 0.4) is 0 Å². The van der Waals surface area contributed by atoms with Gasteiger partial charge >= 0.3 is 0 Å². The molecule has 6 nitrogen and oxygen atoms in total. The molecule has 0 spiro atoms. The van der Waals surface area contributed by atoms with Crippen molar-refractivity contribution in [3.8, 4) is 11.5 Å². The van der Waals surface area contributed by atoms with Gasteiger partial charge in [-0.05, 0) is 62.8 Å². The molecule has 0 saturated carbocycles. The van der Waals surface area contributed by atoms with Crippen molar-refractivity contribution in [2.24, 2.45) is 0 Å². The Bertz CT molecular complexity index is 863. The maximum atomic E-state index is 11.1. The molecule has 1 fully saturated rings. The molecule has 0 aliphatic carbocycles. The molecule has 0 unspecified atom stereocenters. The normalized spacial score (nSPS) is 22.0. The van der Waals surface area contributed by atoms with E-state index in [4.69, 9.17) is 21.1 Å². The van der Waals surface area contributed by atoms with E-state index in [1.807, 2.05) is 57.4 Å². The third kappa shape index (κ3) is 6.82. The van der Waals surface area contributed by atoms with Crippen LogP contribution in [0.15, 0.2) is 42.5 Å². The van der Waals surface area contributed by atoms with Gasteiger partial charge < -0.3 is 24.6 Å². The maximum Gasteiger partial charge on any atom is 0.138 e. The van der Waals surface area contributed by atoms with Crippen LogP contribution in [0.2, 0.25) is 5.02 Å². The van der Waals surface area contributed by atoms with Gasteiger partial charge in [0.05, 0.1) is 11.1 Å². The van der Waals surface area contributed by atoms with Crippen LogP contribution in [0.1, 0.15) is 17.5 Å². The highest BCUT2D eigenvalue weighted by molar-refractivity contribution is 6.32. The molecule has 0 amide bonds. The van der Waals surface area contributed by atoms with E-state index in [1.54, 1.807) is 6.07 Å². The number of hydrogen-bond acceptors (Lipinski definition) is 6. The average molecular weight is 449 g/mol. The molecule has 2 atom stereocenters. The zero-order valence-electron chi connectivity index (χ0n) is 18.6. The Morgan fingerprint density at radius 3 is 2.77 bits per heavy atom. The number of ether oxygens (including phenoxy) is 2. The van der Waals surface area contributed by atoms with Crippen LogP contribution in [-0.2, 0) is 6.54 Å². The lowest BCUT2D eigenvalue weighted by molar-refractivity contribution is -0.140. The second-order valence-electron chi connectivity index (χ2n) is 8.64. The molecule has 2 N–H and O–H groups in total. The summed E-state index contributed by atoms with van der Waals surface area (Å²) in [5.41, 5.74) is 0.749. The number of likely N-dealkylation sites (tertiary alicyclic amines) is 1. The summed E-state index contributed by atoms with van der Waals surface area (Å²) in [5, 5.41) is 22.1. The summed E-state index contributed by atoms with van der Waals surface area (Å²) >= 11 is 6.21. The van der Waals surface area contributed by atoms with Crippen molar-refractivity contribution in [3.05, 3.63) is 58.6 Å². The standard InChI is InChI=1S/C24H33ClN2O4/c1-18-7-8-21(25)22(13-18)31-17-24(29)16-27(10-9-23(24)28)15-19-5-4-6-20(14-19)30-12-11-26(2)3/h4-8,13-14,23,28-29H,9-12,15-17H2,1-3H3/t23-,24-/m0/s1. The minimum atomic E-state index is -1.37. The van der Waals surface area contributed by atoms with Gasteiger partial charge in [0, 0.05) is 26.2 Å². The Morgan fingerprint density at radius 2 is 2.00 bits per heavy atom. The fraction of sp³-hybridized carbons (Fsp3) is 0.500. The van der Waals surface area contributed by atoms with Gasteiger partial charge in [-0.25, -0.2) is 0 Å². The number of piperidine rings is 1. The Hall–Kier alpha value is -1.83. The molecular weight excluding hydrogens is 416 g/mol. The minimum Gasteiger partial charge on any atom is -0.492 e. The van der Waals surface area contributed by atoms with Crippen LogP contribution in [0.25, 0.3) is 0 Å². The summed E-state index contributed by atoms with van der Waals surface area (Å²) in [6, 6.07) is 13.5. The van der Waals surface area contributed by atoms with Crippen molar-refractivity contribution in [3.63, 3.8) is 0 Å². The van der Waals surface area contributed by atoms with Gasteiger partial charge in [0.1, 0.15) is 30.3 Å². The van der Waals surface area contributed by atoms with Gasteiger partial charge in [-0.15, -0.1) is 0 Å². The first-order valence-corrected chi connectivity index (χ1v) is 11.0. The lowest BCUT2D eigenvalue weighted by Crippen LogP contribution is -2.59. The summed E-state index contributed by atoms with van der Waals surface area (Å²) in [6.45, 7) is 5.07.